The van der Waals surface area contributed by atoms with E-state index in [0.717, 1.165) is 11.3 Å². The highest BCUT2D eigenvalue weighted by atomic mass is 16.3. The fourth-order valence-corrected chi connectivity index (χ4v) is 3.04. The Morgan fingerprint density at radius 3 is 3.00 bits per heavy atom. The molecule has 3 atom stereocenters. The van der Waals surface area contributed by atoms with Crippen LogP contribution in [0, 0.1) is 5.92 Å². The summed E-state index contributed by atoms with van der Waals surface area (Å²) in [4.78, 5) is 25.7. The van der Waals surface area contributed by atoms with Crippen LogP contribution >= 0.6 is 0 Å². The van der Waals surface area contributed by atoms with Crippen LogP contribution in [0.4, 0.5) is 0 Å². The van der Waals surface area contributed by atoms with Gasteiger partial charge in [-0.2, -0.15) is 5.10 Å². The maximum Gasteiger partial charge on any atom is 0.266 e. The first kappa shape index (κ1) is 14.2. The van der Waals surface area contributed by atoms with Crippen molar-refractivity contribution in [3.05, 3.63) is 27.7 Å². The molecule has 114 valence electrons. The van der Waals surface area contributed by atoms with E-state index >= 15 is 0 Å². The van der Waals surface area contributed by atoms with Crippen molar-refractivity contribution in [3.8, 4) is 0 Å². The average molecular weight is 292 g/mol. The van der Waals surface area contributed by atoms with Gasteiger partial charge >= 0.3 is 0 Å². The number of aliphatic hydroxyl groups excluding tert-OH is 1. The Balaban J connectivity index is 1.69. The van der Waals surface area contributed by atoms with E-state index in [1.807, 2.05) is 0 Å². The van der Waals surface area contributed by atoms with Crippen molar-refractivity contribution in [2.24, 2.45) is 18.7 Å². The number of amides is 1. The minimum absolute atomic E-state index is 0.0134. The van der Waals surface area contributed by atoms with Crippen molar-refractivity contribution < 1.29 is 9.90 Å². The van der Waals surface area contributed by atoms with Gasteiger partial charge in [0.25, 0.3) is 5.56 Å². The van der Waals surface area contributed by atoms with Crippen LogP contribution in [-0.4, -0.2) is 44.4 Å². The monoisotopic (exact) mass is 292 g/mol. The van der Waals surface area contributed by atoms with Crippen molar-refractivity contribution in [2.75, 3.05) is 6.54 Å². The first-order valence-corrected chi connectivity index (χ1v) is 7.23. The van der Waals surface area contributed by atoms with Gasteiger partial charge in [0, 0.05) is 56.6 Å². The van der Waals surface area contributed by atoms with Gasteiger partial charge in [0.2, 0.25) is 5.91 Å². The summed E-state index contributed by atoms with van der Waals surface area (Å²) in [5, 5.41) is 13.9. The number of aromatic nitrogens is 2. The molecule has 0 aromatic carbocycles. The first-order chi connectivity index (χ1) is 9.95. The Labute approximate surface area is 122 Å². The number of nitrogens with two attached hydrogens (primary N) is 1. The van der Waals surface area contributed by atoms with Gasteiger partial charge in [-0.3, -0.25) is 9.59 Å². The number of rotatable bonds is 2. The number of aliphatic hydroxyl groups is 1. The standard InChI is InChI=1S/C14H20N4O3/c1-17-13(20)4-8-7-18(3-2-11(8)16-17)14(21)5-9-10(15)6-12(9)19/h4,9-10,12,19H,2-3,5-7,15H2,1H3/t9-,10+,12-/m1/s1. The predicted molar refractivity (Wildman–Crippen MR) is 75.3 cm³/mol. The van der Waals surface area contributed by atoms with Gasteiger partial charge in [-0.15, -0.1) is 0 Å². The molecular weight excluding hydrogens is 272 g/mol. The minimum Gasteiger partial charge on any atom is -0.393 e. The highest BCUT2D eigenvalue weighted by molar-refractivity contribution is 5.77. The van der Waals surface area contributed by atoms with Gasteiger partial charge in [0.1, 0.15) is 0 Å². The molecule has 2 heterocycles. The minimum atomic E-state index is -0.463. The number of nitrogens with zero attached hydrogens (tertiary/aromatic N) is 3. The zero-order chi connectivity index (χ0) is 15.1. The van der Waals surface area contributed by atoms with Crippen LogP contribution < -0.4 is 11.3 Å². The molecule has 1 fully saturated rings. The number of hydrogen-bond acceptors (Lipinski definition) is 5. The molecule has 1 aliphatic heterocycles. The highest BCUT2D eigenvalue weighted by Gasteiger charge is 2.39. The summed E-state index contributed by atoms with van der Waals surface area (Å²) in [6.45, 7) is 1.00. The van der Waals surface area contributed by atoms with Gasteiger partial charge in [0.05, 0.1) is 11.8 Å². The third kappa shape index (κ3) is 2.58. The van der Waals surface area contributed by atoms with Crippen LogP contribution in [-0.2, 0) is 24.8 Å². The van der Waals surface area contributed by atoms with Gasteiger partial charge in [0.15, 0.2) is 0 Å². The summed E-state index contributed by atoms with van der Waals surface area (Å²) < 4.78 is 1.32. The van der Waals surface area contributed by atoms with Crippen LogP contribution in [0.15, 0.2) is 10.9 Å². The number of hydrogen-bond donors (Lipinski definition) is 2. The van der Waals surface area contributed by atoms with E-state index in [2.05, 4.69) is 5.10 Å². The molecule has 0 bridgehead atoms. The smallest absolute Gasteiger partial charge is 0.266 e. The second-order valence-corrected chi connectivity index (χ2v) is 5.98. The fourth-order valence-electron chi connectivity index (χ4n) is 3.04. The Morgan fingerprint density at radius 1 is 1.57 bits per heavy atom. The molecule has 0 radical (unpaired) electrons. The molecule has 7 nitrogen and oxygen atoms in total. The number of aryl methyl sites for hydroxylation is 1. The number of carbonyl (C=O) groups is 1. The van der Waals surface area contributed by atoms with Crippen molar-refractivity contribution in [3.63, 3.8) is 0 Å². The van der Waals surface area contributed by atoms with Crippen molar-refractivity contribution in [1.29, 1.82) is 0 Å². The topological polar surface area (TPSA) is 101 Å². The maximum atomic E-state index is 12.3. The van der Waals surface area contributed by atoms with Crippen LogP contribution in [0.25, 0.3) is 0 Å². The quantitative estimate of drug-likeness (QED) is 0.710. The molecule has 7 heteroatoms. The lowest BCUT2D eigenvalue weighted by molar-refractivity contribution is -0.136. The molecular formula is C14H20N4O3. The highest BCUT2D eigenvalue weighted by Crippen LogP contribution is 2.30. The van der Waals surface area contributed by atoms with E-state index in [1.54, 1.807) is 18.0 Å². The van der Waals surface area contributed by atoms with Crippen LogP contribution in [0.5, 0.6) is 0 Å². The lowest BCUT2D eigenvalue weighted by Gasteiger charge is -2.40. The molecule has 0 spiro atoms. The second-order valence-electron chi connectivity index (χ2n) is 5.98. The SMILES string of the molecule is Cn1nc2c(cc1=O)CN(C(=O)C[C@H]1[C@H](O)C[C@@H]1N)CC2. The molecule has 3 N–H and O–H groups in total. The zero-order valence-corrected chi connectivity index (χ0v) is 12.0. The molecule has 1 aromatic rings. The van der Waals surface area contributed by atoms with E-state index in [0.29, 0.717) is 25.9 Å². The van der Waals surface area contributed by atoms with Crippen LogP contribution in [0.3, 0.4) is 0 Å². The van der Waals surface area contributed by atoms with E-state index in [1.165, 1.54) is 4.68 Å². The molecule has 1 aromatic heterocycles. The molecule has 1 saturated carbocycles. The van der Waals surface area contributed by atoms with Gasteiger partial charge < -0.3 is 15.7 Å². The van der Waals surface area contributed by atoms with E-state index in [-0.39, 0.29) is 29.8 Å². The fraction of sp³-hybridized carbons (Fsp3) is 0.643. The third-order valence-electron chi connectivity index (χ3n) is 4.56. The summed E-state index contributed by atoms with van der Waals surface area (Å²) in [7, 11) is 1.62. The first-order valence-electron chi connectivity index (χ1n) is 7.23. The number of carbonyl (C=O) groups excluding carboxylic acids is 1. The average Bonchev–Trinajstić information content (AvgIpc) is 2.45. The Hall–Kier alpha value is -1.73. The second kappa shape index (κ2) is 5.23. The van der Waals surface area contributed by atoms with E-state index in [9.17, 15) is 14.7 Å². The summed E-state index contributed by atoms with van der Waals surface area (Å²) in [6.07, 6.45) is 1.03. The van der Waals surface area contributed by atoms with Crippen molar-refractivity contribution in [1.82, 2.24) is 14.7 Å². The molecule has 0 saturated heterocycles. The summed E-state index contributed by atoms with van der Waals surface area (Å²) in [5.74, 6) is -0.152. The van der Waals surface area contributed by atoms with Gasteiger partial charge in [-0.05, 0) is 6.42 Å². The third-order valence-corrected chi connectivity index (χ3v) is 4.56. The largest absolute Gasteiger partial charge is 0.393 e. The van der Waals surface area contributed by atoms with Crippen LogP contribution in [0.2, 0.25) is 0 Å². The van der Waals surface area contributed by atoms with E-state index in [4.69, 9.17) is 5.73 Å². The summed E-state index contributed by atoms with van der Waals surface area (Å²) >= 11 is 0. The lowest BCUT2D eigenvalue weighted by Crippen LogP contribution is -2.53. The molecule has 2 aliphatic rings. The number of fused-ring (bicyclic) bond motifs is 1. The summed E-state index contributed by atoms with van der Waals surface area (Å²) in [5.41, 5.74) is 7.34. The Morgan fingerprint density at radius 2 is 2.33 bits per heavy atom. The lowest BCUT2D eigenvalue weighted by atomic mass is 9.75. The molecule has 3 rings (SSSR count). The van der Waals surface area contributed by atoms with Gasteiger partial charge in [-0.25, -0.2) is 4.68 Å². The molecule has 1 amide bonds. The van der Waals surface area contributed by atoms with Gasteiger partial charge in [-0.1, -0.05) is 0 Å². The zero-order valence-electron chi connectivity index (χ0n) is 12.0. The summed E-state index contributed by atoms with van der Waals surface area (Å²) in [6, 6.07) is 1.46. The molecule has 0 unspecified atom stereocenters. The Bertz CT molecular complexity index is 619. The predicted octanol–water partition coefficient (Wildman–Crippen LogP) is -1.24. The van der Waals surface area contributed by atoms with Crippen LogP contribution in [0.1, 0.15) is 24.1 Å². The molecule has 21 heavy (non-hydrogen) atoms. The maximum absolute atomic E-state index is 12.3. The molecule has 1 aliphatic carbocycles. The normalized spacial score (nSPS) is 28.0. The van der Waals surface area contributed by atoms with Crippen molar-refractivity contribution >= 4 is 5.91 Å². The van der Waals surface area contributed by atoms with Crippen molar-refractivity contribution in [2.45, 2.75) is 38.0 Å². The van der Waals surface area contributed by atoms with E-state index < -0.39 is 6.10 Å². The Kier molecular flexibility index (Phi) is 3.54.